The molecule has 1 aromatic heterocycles. The SMILES string of the molecule is Cc1cc(OCCCC(=O)NCCCOCCOCCOCCCCC(CS(=O)(=O)O)N(N=C=O)OC(C)(C)C)cc(C)c1S(=O)(=O)NC(CNC(=O)C1=Nc2cc(CNc3ncc[nH]3)ccc2C(=O)C1C)C(=O)O. The smallest absolute Gasteiger partial charge is 0.323 e. The molecule has 0 aliphatic carbocycles. The first kappa shape index (κ1) is 61.4. The third-order valence-electron chi connectivity index (χ3n) is 11.0. The van der Waals surface area contributed by atoms with Gasteiger partial charge in [-0.25, -0.2) is 28.0 Å². The second kappa shape index (κ2) is 29.8. The van der Waals surface area contributed by atoms with Crippen LogP contribution in [0.2, 0.25) is 0 Å². The van der Waals surface area contributed by atoms with Crippen molar-refractivity contribution in [3.63, 3.8) is 0 Å². The summed E-state index contributed by atoms with van der Waals surface area (Å²) in [6.45, 7) is 12.0. The minimum absolute atomic E-state index is 0.147. The molecule has 0 radical (unpaired) electrons. The molecule has 4 rings (SSSR count). The van der Waals surface area contributed by atoms with Crippen LogP contribution in [0.15, 0.2) is 57.7 Å². The van der Waals surface area contributed by atoms with Gasteiger partial charge in [-0.15, -0.1) is 0 Å². The number of ether oxygens (including phenoxy) is 4. The summed E-state index contributed by atoms with van der Waals surface area (Å²) in [6.07, 6.45) is 7.03. The van der Waals surface area contributed by atoms with Gasteiger partial charge in [0.05, 0.1) is 61.2 Å². The number of amides is 2. The number of aromatic amines is 1. The summed E-state index contributed by atoms with van der Waals surface area (Å²) in [5.74, 6) is -3.64. The first-order valence-corrected chi connectivity index (χ1v) is 27.3. The normalized spacial score (nSPS) is 14.5. The number of hydrogen-bond acceptors (Lipinski definition) is 19. The number of carbonyl (C=O) groups is 4. The summed E-state index contributed by atoms with van der Waals surface area (Å²) in [6, 6.07) is 5.33. The van der Waals surface area contributed by atoms with Crippen LogP contribution in [-0.2, 0) is 64.9 Å². The topological polar surface area (TPSA) is 345 Å². The Hall–Kier alpha value is -6.16. The number of carboxylic acid groups (broad SMARTS) is 1. The summed E-state index contributed by atoms with van der Waals surface area (Å²) in [4.78, 5) is 78.9. The number of hydrogen-bond donors (Lipinski definition) is 7. The quantitative estimate of drug-likeness (QED) is 0.0146. The van der Waals surface area contributed by atoms with Crippen molar-refractivity contribution in [2.75, 3.05) is 70.4 Å². The van der Waals surface area contributed by atoms with E-state index in [2.05, 4.69) is 40.7 Å². The summed E-state index contributed by atoms with van der Waals surface area (Å²) < 4.78 is 84.3. The highest BCUT2D eigenvalue weighted by Gasteiger charge is 2.34. The van der Waals surface area contributed by atoms with E-state index >= 15 is 0 Å². The number of sulfonamides is 1. The molecular weight excluding hydrogens is 1020 g/mol. The van der Waals surface area contributed by atoms with Gasteiger partial charge < -0.3 is 45.0 Å². The number of anilines is 1. The molecule has 3 aromatic rings. The highest BCUT2D eigenvalue weighted by molar-refractivity contribution is 7.89. The molecule has 2 heterocycles. The fourth-order valence-electron chi connectivity index (χ4n) is 7.53. The Bertz CT molecular complexity index is 2670. The molecule has 3 unspecified atom stereocenters. The van der Waals surface area contributed by atoms with Crippen LogP contribution >= 0.6 is 0 Å². The van der Waals surface area contributed by atoms with Gasteiger partial charge in [-0.3, -0.25) is 23.7 Å². The van der Waals surface area contributed by atoms with Gasteiger partial charge in [-0.1, -0.05) is 11.2 Å². The van der Waals surface area contributed by atoms with Crippen molar-refractivity contribution < 1.29 is 74.3 Å². The van der Waals surface area contributed by atoms with Gasteiger partial charge in [0, 0.05) is 57.2 Å². The number of carbonyl (C=O) groups excluding carboxylic acids is 4. The molecule has 25 nitrogen and oxygen atoms in total. The molecule has 1 aliphatic heterocycles. The summed E-state index contributed by atoms with van der Waals surface area (Å²) in [5.41, 5.74) is 0.963. The van der Waals surface area contributed by atoms with E-state index in [-0.39, 0.29) is 58.6 Å². The average Bonchev–Trinajstić information content (AvgIpc) is 3.85. The van der Waals surface area contributed by atoms with Crippen molar-refractivity contribution in [1.82, 2.24) is 30.5 Å². The minimum atomic E-state index is -4.45. The van der Waals surface area contributed by atoms with Crippen LogP contribution in [0.3, 0.4) is 0 Å². The van der Waals surface area contributed by atoms with Crippen molar-refractivity contribution >= 4 is 67.1 Å². The minimum Gasteiger partial charge on any atom is -0.494 e. The lowest BCUT2D eigenvalue weighted by molar-refractivity contribution is -0.248. The van der Waals surface area contributed by atoms with Crippen LogP contribution in [0.4, 0.5) is 11.6 Å². The molecule has 0 saturated heterocycles. The Morgan fingerprint density at radius 2 is 1.59 bits per heavy atom. The molecule has 414 valence electrons. The number of imidazole rings is 1. The van der Waals surface area contributed by atoms with E-state index in [1.165, 1.54) is 39.0 Å². The molecule has 0 spiro atoms. The Morgan fingerprint density at radius 3 is 2.20 bits per heavy atom. The van der Waals surface area contributed by atoms with E-state index in [1.807, 2.05) is 0 Å². The zero-order valence-electron chi connectivity index (χ0n) is 43.0. The number of fused-ring (bicyclic) bond motifs is 1. The lowest BCUT2D eigenvalue weighted by atomic mass is 9.89. The number of H-pyrrole nitrogens is 1. The van der Waals surface area contributed by atoms with Gasteiger partial charge in [0.15, 0.2) is 11.7 Å². The molecule has 2 aromatic carbocycles. The fourth-order valence-corrected chi connectivity index (χ4v) is 9.96. The third-order valence-corrected chi connectivity index (χ3v) is 13.6. The number of ketones is 1. The van der Waals surface area contributed by atoms with E-state index < -0.39 is 67.9 Å². The Labute approximate surface area is 436 Å². The Balaban J connectivity index is 1.08. The van der Waals surface area contributed by atoms with Crippen LogP contribution in [0.5, 0.6) is 5.75 Å². The van der Waals surface area contributed by atoms with Gasteiger partial charge >= 0.3 is 5.97 Å². The molecule has 1 aliphatic rings. The van der Waals surface area contributed by atoms with Crippen LogP contribution < -0.4 is 25.4 Å². The van der Waals surface area contributed by atoms with E-state index in [0.717, 1.165) is 10.7 Å². The number of aliphatic carboxylic acids is 1. The van der Waals surface area contributed by atoms with E-state index in [1.54, 1.807) is 51.4 Å². The molecule has 3 atom stereocenters. The number of rotatable bonds is 35. The first-order valence-electron chi connectivity index (χ1n) is 24.3. The van der Waals surface area contributed by atoms with Crippen molar-refractivity contribution in [3.8, 4) is 5.75 Å². The van der Waals surface area contributed by atoms with E-state index in [0.29, 0.717) is 95.7 Å². The molecule has 0 bridgehead atoms. The van der Waals surface area contributed by atoms with Crippen LogP contribution in [0.25, 0.3) is 0 Å². The van der Waals surface area contributed by atoms with E-state index in [4.69, 9.17) is 23.8 Å². The predicted octanol–water partition coefficient (Wildman–Crippen LogP) is 3.52. The largest absolute Gasteiger partial charge is 0.494 e. The highest BCUT2D eigenvalue weighted by atomic mass is 32.2. The molecular formula is C48H69N9O16S2. The average molecular weight is 1090 g/mol. The summed E-state index contributed by atoms with van der Waals surface area (Å²) >= 11 is 0. The Morgan fingerprint density at radius 1 is 0.920 bits per heavy atom. The summed E-state index contributed by atoms with van der Waals surface area (Å²) in [7, 11) is -8.82. The van der Waals surface area contributed by atoms with Crippen molar-refractivity contribution in [3.05, 3.63) is 65.0 Å². The second-order valence-corrected chi connectivity index (χ2v) is 21.6. The predicted molar refractivity (Wildman–Crippen MR) is 273 cm³/mol. The molecule has 0 fully saturated rings. The third kappa shape index (κ3) is 21.5. The van der Waals surface area contributed by atoms with Crippen LogP contribution in [0, 0.1) is 19.8 Å². The number of benzene rings is 2. The van der Waals surface area contributed by atoms with E-state index in [9.17, 15) is 50.5 Å². The van der Waals surface area contributed by atoms with Gasteiger partial charge in [0.1, 0.15) is 23.3 Å². The number of unbranched alkanes of at least 4 members (excludes halogenated alkanes) is 1. The maximum absolute atomic E-state index is 13.6. The van der Waals surface area contributed by atoms with Crippen molar-refractivity contribution in [1.29, 1.82) is 0 Å². The summed E-state index contributed by atoms with van der Waals surface area (Å²) in [5, 5.41) is 22.6. The number of hydroxylamine groups is 1. The maximum Gasteiger partial charge on any atom is 0.323 e. The van der Waals surface area contributed by atoms with Gasteiger partial charge in [-0.05, 0) is 115 Å². The number of Topliss-reactive ketones (excluding diaryl/α,β-unsaturated/α-hetero) is 1. The Kier molecular flexibility index (Phi) is 24.4. The lowest BCUT2D eigenvalue weighted by Gasteiger charge is -2.31. The molecule has 75 heavy (non-hydrogen) atoms. The molecule has 27 heteroatoms. The highest BCUT2D eigenvalue weighted by Crippen LogP contribution is 2.31. The fraction of sp³-hybridized carbons (Fsp3) is 0.562. The van der Waals surface area contributed by atoms with Crippen molar-refractivity contribution in [2.45, 2.75) is 109 Å². The number of aliphatic imine (C=N–C) groups is 1. The van der Waals surface area contributed by atoms with Gasteiger partial charge in [0.25, 0.3) is 22.1 Å². The lowest BCUT2D eigenvalue weighted by Crippen LogP contribution is -2.50. The number of aromatic nitrogens is 2. The molecule has 0 saturated carbocycles. The second-order valence-electron chi connectivity index (χ2n) is 18.4. The monoisotopic (exact) mass is 1090 g/mol. The van der Waals surface area contributed by atoms with Crippen LogP contribution in [0.1, 0.15) is 93.3 Å². The maximum atomic E-state index is 13.6. The number of isocyanates is 1. The van der Waals surface area contributed by atoms with Gasteiger partial charge in [-0.2, -0.15) is 18.3 Å². The molecule has 7 N–H and O–H groups in total. The molecule has 2 amide bonds. The zero-order chi connectivity index (χ0) is 55.2. The number of nitrogens with one attached hydrogen (secondary N) is 5. The van der Waals surface area contributed by atoms with Gasteiger partial charge in [0.2, 0.25) is 15.9 Å². The van der Waals surface area contributed by atoms with Crippen molar-refractivity contribution in [2.24, 2.45) is 16.0 Å². The number of aryl methyl sites for hydroxylation is 2. The number of hydrazone groups is 1. The first-order chi connectivity index (χ1) is 35.5. The number of carboxylic acids is 1. The number of nitrogens with zero attached hydrogens (tertiary/aromatic N) is 4. The zero-order valence-corrected chi connectivity index (χ0v) is 44.6. The van der Waals surface area contributed by atoms with Crippen LogP contribution in [-0.4, -0.2) is 160 Å². The standard InChI is InChI=1S/C48H69N9O16S2/c1-32-25-37(72-20-9-12-41(59)49-15-10-19-70-22-24-71-23-21-69-18-8-7-11-36(30-74(64,65)66)57(54-31-58)73-48(4,5)6)26-33(2)44(32)75(67,68)56-40(46(62)63)29-52-45(61)42-34(3)43(60)38-14-13-35(27-39(38)55-42)28-53-47-50-16-17-51-47/h13-14,16-17,25-27,34,36,40,56H,7-12,15,18-24,28-30H2,1-6H3,(H,49,59)(H,52,61)(H,62,63)(H2,50,51,53)(H,64,65,66).